The minimum absolute atomic E-state index is 0.0443. The van der Waals surface area contributed by atoms with Crippen LogP contribution in [-0.4, -0.2) is 26.9 Å². The fraction of sp³-hybridized carbons (Fsp3) is 0.250. The van der Waals surface area contributed by atoms with Crippen LogP contribution >= 0.6 is 11.8 Å². The Kier molecular flexibility index (Phi) is 3.78. The lowest BCUT2D eigenvalue weighted by atomic mass is 10.1. The van der Waals surface area contributed by atoms with Crippen molar-refractivity contribution in [2.75, 3.05) is 6.61 Å². The lowest BCUT2D eigenvalue weighted by molar-refractivity contribution is -0.383. The van der Waals surface area contributed by atoms with Crippen molar-refractivity contribution in [2.45, 2.75) is 17.1 Å². The highest BCUT2D eigenvalue weighted by molar-refractivity contribution is 8.00. The number of fused-ring (bicyclic) bond motifs is 1. The van der Waals surface area contributed by atoms with Crippen molar-refractivity contribution in [3.63, 3.8) is 0 Å². The minimum atomic E-state index is -0.409. The minimum Gasteiger partial charge on any atom is -0.395 e. The average molecular weight is 264 g/mol. The summed E-state index contributed by atoms with van der Waals surface area (Å²) in [6, 6.07) is 4.96. The maximum absolute atomic E-state index is 10.9. The van der Waals surface area contributed by atoms with E-state index in [1.807, 2.05) is 6.92 Å². The van der Waals surface area contributed by atoms with E-state index in [0.29, 0.717) is 5.39 Å². The van der Waals surface area contributed by atoms with E-state index >= 15 is 0 Å². The Morgan fingerprint density at radius 2 is 2.22 bits per heavy atom. The number of thioether (sulfide) groups is 1. The molecule has 1 aromatic carbocycles. The first kappa shape index (κ1) is 12.8. The second-order valence-electron chi connectivity index (χ2n) is 3.87. The number of benzene rings is 1. The van der Waals surface area contributed by atoms with Gasteiger partial charge in [0.2, 0.25) is 0 Å². The van der Waals surface area contributed by atoms with Gasteiger partial charge in [-0.05, 0) is 12.1 Å². The van der Waals surface area contributed by atoms with E-state index in [1.54, 1.807) is 18.3 Å². The number of nitro groups is 1. The molecule has 94 valence electrons. The molecule has 0 saturated carbocycles. The zero-order valence-electron chi connectivity index (χ0n) is 9.74. The molecule has 0 spiro atoms. The fourth-order valence-corrected chi connectivity index (χ4v) is 2.62. The van der Waals surface area contributed by atoms with E-state index in [2.05, 4.69) is 4.98 Å². The highest BCUT2D eigenvalue weighted by atomic mass is 32.2. The molecule has 0 bridgehead atoms. The van der Waals surface area contributed by atoms with Gasteiger partial charge in [-0.1, -0.05) is 6.92 Å². The van der Waals surface area contributed by atoms with Crippen LogP contribution in [-0.2, 0) is 0 Å². The number of aliphatic hydroxyl groups excluding tert-OH is 1. The second kappa shape index (κ2) is 5.32. The Hall–Kier alpha value is -1.66. The summed E-state index contributed by atoms with van der Waals surface area (Å²) in [4.78, 5) is 15.4. The zero-order valence-corrected chi connectivity index (χ0v) is 10.6. The third-order valence-electron chi connectivity index (χ3n) is 2.54. The van der Waals surface area contributed by atoms with Gasteiger partial charge in [-0.15, -0.1) is 11.8 Å². The molecule has 2 aromatic rings. The molecule has 5 nitrogen and oxygen atoms in total. The van der Waals surface area contributed by atoms with Crippen LogP contribution in [0.15, 0.2) is 35.5 Å². The van der Waals surface area contributed by atoms with Gasteiger partial charge in [-0.2, -0.15) is 0 Å². The number of nitro benzene ring substituents is 1. The number of hydrogen-bond acceptors (Lipinski definition) is 5. The quantitative estimate of drug-likeness (QED) is 0.522. The summed E-state index contributed by atoms with van der Waals surface area (Å²) >= 11 is 1.49. The highest BCUT2D eigenvalue weighted by Crippen LogP contribution is 2.34. The van der Waals surface area contributed by atoms with Crippen LogP contribution in [0.25, 0.3) is 10.8 Å². The summed E-state index contributed by atoms with van der Waals surface area (Å²) in [6.45, 7) is 1.97. The van der Waals surface area contributed by atoms with Gasteiger partial charge in [-0.3, -0.25) is 15.1 Å². The Morgan fingerprint density at radius 3 is 2.89 bits per heavy atom. The van der Waals surface area contributed by atoms with Crippen LogP contribution in [0.2, 0.25) is 0 Å². The normalized spacial score (nSPS) is 12.6. The predicted octanol–water partition coefficient (Wildman–Crippen LogP) is 2.62. The summed E-state index contributed by atoms with van der Waals surface area (Å²) < 4.78 is 0. The molecule has 2 rings (SSSR count). The van der Waals surface area contributed by atoms with Crippen molar-refractivity contribution in [3.05, 3.63) is 40.7 Å². The van der Waals surface area contributed by atoms with E-state index in [0.717, 1.165) is 10.3 Å². The Morgan fingerprint density at radius 1 is 1.44 bits per heavy atom. The molecule has 18 heavy (non-hydrogen) atoms. The number of hydrogen-bond donors (Lipinski definition) is 1. The van der Waals surface area contributed by atoms with Crippen LogP contribution in [0.1, 0.15) is 6.92 Å². The monoisotopic (exact) mass is 264 g/mol. The van der Waals surface area contributed by atoms with Crippen LogP contribution < -0.4 is 0 Å². The third-order valence-corrected chi connectivity index (χ3v) is 3.70. The molecular formula is C12H12N2O3S. The zero-order chi connectivity index (χ0) is 13.1. The van der Waals surface area contributed by atoms with Gasteiger partial charge in [0.1, 0.15) is 0 Å². The molecular weight excluding hydrogens is 252 g/mol. The van der Waals surface area contributed by atoms with E-state index < -0.39 is 4.92 Å². The van der Waals surface area contributed by atoms with Crippen molar-refractivity contribution < 1.29 is 10.0 Å². The summed E-state index contributed by atoms with van der Waals surface area (Å²) in [5.74, 6) is 0. The van der Waals surface area contributed by atoms with Crippen molar-refractivity contribution in [1.29, 1.82) is 0 Å². The fourth-order valence-electron chi connectivity index (χ4n) is 1.66. The lowest BCUT2D eigenvalue weighted by Gasteiger charge is -2.10. The second-order valence-corrected chi connectivity index (χ2v) is 5.35. The van der Waals surface area contributed by atoms with Gasteiger partial charge < -0.3 is 5.11 Å². The van der Waals surface area contributed by atoms with Crippen molar-refractivity contribution in [2.24, 2.45) is 0 Å². The van der Waals surface area contributed by atoms with Crippen LogP contribution in [0.5, 0.6) is 0 Å². The smallest absolute Gasteiger partial charge is 0.278 e. The van der Waals surface area contributed by atoms with Crippen LogP contribution in [0.4, 0.5) is 5.69 Å². The topological polar surface area (TPSA) is 76.3 Å². The molecule has 1 aromatic heterocycles. The number of non-ortho nitro benzene ring substituents is 1. The molecule has 0 amide bonds. The van der Waals surface area contributed by atoms with Crippen molar-refractivity contribution >= 4 is 28.2 Å². The molecule has 1 unspecified atom stereocenters. The number of rotatable bonds is 4. The van der Waals surface area contributed by atoms with Gasteiger partial charge in [0.05, 0.1) is 16.9 Å². The first-order valence-corrected chi connectivity index (χ1v) is 6.30. The first-order valence-electron chi connectivity index (χ1n) is 5.42. The number of nitrogens with zero attached hydrogens (tertiary/aromatic N) is 2. The average Bonchev–Trinajstić information content (AvgIpc) is 2.38. The lowest BCUT2D eigenvalue weighted by Crippen LogP contribution is -2.01. The summed E-state index contributed by atoms with van der Waals surface area (Å²) in [5, 5.41) is 21.4. The predicted molar refractivity (Wildman–Crippen MR) is 70.8 cm³/mol. The molecule has 0 aliphatic carbocycles. The number of aromatic nitrogens is 1. The van der Waals surface area contributed by atoms with Gasteiger partial charge in [0, 0.05) is 34.0 Å². The largest absolute Gasteiger partial charge is 0.395 e. The Bertz CT molecular complexity index is 589. The molecule has 6 heteroatoms. The van der Waals surface area contributed by atoms with Crippen LogP contribution in [0.3, 0.4) is 0 Å². The van der Waals surface area contributed by atoms with Gasteiger partial charge in [0.15, 0.2) is 0 Å². The van der Waals surface area contributed by atoms with Gasteiger partial charge in [0.25, 0.3) is 5.69 Å². The molecule has 1 N–H and O–H groups in total. The first-order chi connectivity index (χ1) is 8.63. The molecule has 1 heterocycles. The standard InChI is InChI=1S/C12H12N2O3S/c1-8(7-15)18-12-3-2-11(14(16)17)10-6-13-5-4-9(10)12/h2-6,8,15H,7H2,1H3. The molecule has 1 atom stereocenters. The summed E-state index contributed by atoms with van der Waals surface area (Å²) in [5.41, 5.74) is 0.0547. The van der Waals surface area contributed by atoms with Gasteiger partial charge in [-0.25, -0.2) is 0 Å². The Balaban J connectivity index is 2.57. The van der Waals surface area contributed by atoms with Crippen molar-refractivity contribution in [3.8, 4) is 0 Å². The number of aliphatic hydroxyl groups is 1. The molecule has 0 aliphatic rings. The van der Waals surface area contributed by atoms with E-state index in [1.165, 1.54) is 24.0 Å². The SMILES string of the molecule is CC(CO)Sc1ccc([N+](=O)[O-])c2cnccc12. The maximum Gasteiger partial charge on any atom is 0.278 e. The molecule has 0 saturated heterocycles. The van der Waals surface area contributed by atoms with Crippen molar-refractivity contribution in [1.82, 2.24) is 4.98 Å². The maximum atomic E-state index is 10.9. The Labute approximate surface area is 108 Å². The van der Waals surface area contributed by atoms with Crippen LogP contribution in [0, 0.1) is 10.1 Å². The summed E-state index contributed by atoms with van der Waals surface area (Å²) in [7, 11) is 0. The summed E-state index contributed by atoms with van der Waals surface area (Å²) in [6.07, 6.45) is 3.11. The highest BCUT2D eigenvalue weighted by Gasteiger charge is 2.15. The van der Waals surface area contributed by atoms with E-state index in [9.17, 15) is 10.1 Å². The molecule has 0 fully saturated rings. The van der Waals surface area contributed by atoms with E-state index in [-0.39, 0.29) is 17.5 Å². The van der Waals surface area contributed by atoms with E-state index in [4.69, 9.17) is 5.11 Å². The molecule has 0 radical (unpaired) electrons. The molecule has 0 aliphatic heterocycles. The third kappa shape index (κ3) is 2.44. The number of pyridine rings is 1. The van der Waals surface area contributed by atoms with Gasteiger partial charge >= 0.3 is 0 Å².